The van der Waals surface area contributed by atoms with Crippen LogP contribution in [0.2, 0.25) is 0 Å². The second-order valence-electron chi connectivity index (χ2n) is 6.93. The maximum atomic E-state index is 13.0. The molecule has 2 heterocycles. The van der Waals surface area contributed by atoms with Gasteiger partial charge in [-0.25, -0.2) is 0 Å². The van der Waals surface area contributed by atoms with Crippen LogP contribution in [0.5, 0.6) is 0 Å². The van der Waals surface area contributed by atoms with Gasteiger partial charge in [-0.3, -0.25) is 19.5 Å². The number of hydrogen-bond donors (Lipinski definition) is 1. The van der Waals surface area contributed by atoms with Crippen LogP contribution < -0.4 is 10.2 Å². The van der Waals surface area contributed by atoms with E-state index >= 15 is 0 Å². The highest BCUT2D eigenvalue weighted by Gasteiger charge is 2.39. The van der Waals surface area contributed by atoms with Crippen LogP contribution >= 0.6 is 0 Å². The van der Waals surface area contributed by atoms with Crippen LogP contribution in [0, 0.1) is 6.92 Å². The van der Waals surface area contributed by atoms with E-state index in [-0.39, 0.29) is 18.2 Å². The van der Waals surface area contributed by atoms with Crippen LogP contribution in [0.25, 0.3) is 0 Å². The Labute approximate surface area is 164 Å². The SMILES string of the molecule is Cc1cccc(CNC(=O)C[C@H]2c3ncccc3C(=O)N2c2ccccc2)c1. The number of aromatic nitrogens is 1. The van der Waals surface area contributed by atoms with Crippen LogP contribution in [0.3, 0.4) is 0 Å². The van der Waals surface area contributed by atoms with Crippen LogP contribution in [-0.2, 0) is 11.3 Å². The fraction of sp³-hybridized carbons (Fsp3) is 0.174. The van der Waals surface area contributed by atoms with Crippen LogP contribution in [0.15, 0.2) is 72.9 Å². The van der Waals surface area contributed by atoms with Crippen molar-refractivity contribution in [1.82, 2.24) is 10.3 Å². The van der Waals surface area contributed by atoms with E-state index in [2.05, 4.69) is 10.3 Å². The Kier molecular flexibility index (Phi) is 4.89. The lowest BCUT2D eigenvalue weighted by Gasteiger charge is -2.24. The van der Waals surface area contributed by atoms with E-state index in [0.717, 1.165) is 16.8 Å². The van der Waals surface area contributed by atoms with Gasteiger partial charge in [-0.15, -0.1) is 0 Å². The highest BCUT2D eigenvalue weighted by molar-refractivity contribution is 6.11. The van der Waals surface area contributed by atoms with Gasteiger partial charge in [-0.05, 0) is 36.8 Å². The third-order valence-corrected chi connectivity index (χ3v) is 4.90. The Morgan fingerprint density at radius 3 is 2.68 bits per heavy atom. The number of nitrogens with zero attached hydrogens (tertiary/aromatic N) is 2. The first-order valence-corrected chi connectivity index (χ1v) is 9.29. The molecule has 1 atom stereocenters. The molecular weight excluding hydrogens is 350 g/mol. The van der Waals surface area contributed by atoms with E-state index in [1.807, 2.05) is 61.5 Å². The smallest absolute Gasteiger partial charge is 0.260 e. The first-order valence-electron chi connectivity index (χ1n) is 9.29. The number of amides is 2. The minimum absolute atomic E-state index is 0.112. The lowest BCUT2D eigenvalue weighted by atomic mass is 10.1. The largest absolute Gasteiger partial charge is 0.352 e. The number of rotatable bonds is 5. The molecule has 0 bridgehead atoms. The number of hydrogen-bond acceptors (Lipinski definition) is 3. The van der Waals surface area contributed by atoms with Crippen molar-refractivity contribution in [2.24, 2.45) is 0 Å². The summed E-state index contributed by atoms with van der Waals surface area (Å²) in [6, 6.07) is 20.6. The molecule has 1 aliphatic heterocycles. The van der Waals surface area contributed by atoms with Gasteiger partial charge in [0.1, 0.15) is 0 Å². The quantitative estimate of drug-likeness (QED) is 0.742. The predicted octanol–water partition coefficient (Wildman–Crippen LogP) is 3.80. The second-order valence-corrected chi connectivity index (χ2v) is 6.93. The van der Waals surface area contributed by atoms with Crippen molar-refractivity contribution < 1.29 is 9.59 Å². The summed E-state index contributed by atoms with van der Waals surface area (Å²) in [7, 11) is 0. The van der Waals surface area contributed by atoms with Crippen molar-refractivity contribution in [3.63, 3.8) is 0 Å². The first-order chi connectivity index (χ1) is 13.6. The number of carbonyl (C=O) groups is 2. The molecule has 3 aromatic rings. The molecular formula is C23H21N3O2. The Morgan fingerprint density at radius 1 is 1.07 bits per heavy atom. The number of nitrogens with one attached hydrogen (secondary N) is 1. The van der Waals surface area contributed by atoms with E-state index in [4.69, 9.17) is 0 Å². The van der Waals surface area contributed by atoms with Crippen LogP contribution in [0.4, 0.5) is 5.69 Å². The molecule has 0 radical (unpaired) electrons. The summed E-state index contributed by atoms with van der Waals surface area (Å²) in [5.74, 6) is -0.232. The highest BCUT2D eigenvalue weighted by atomic mass is 16.2. The zero-order chi connectivity index (χ0) is 19.5. The van der Waals surface area contributed by atoms with Gasteiger partial charge in [-0.1, -0.05) is 48.0 Å². The molecule has 28 heavy (non-hydrogen) atoms. The van der Waals surface area contributed by atoms with Crippen molar-refractivity contribution in [1.29, 1.82) is 0 Å². The lowest BCUT2D eigenvalue weighted by molar-refractivity contribution is -0.121. The van der Waals surface area contributed by atoms with E-state index in [0.29, 0.717) is 17.8 Å². The van der Waals surface area contributed by atoms with E-state index in [1.54, 1.807) is 23.2 Å². The molecule has 0 unspecified atom stereocenters. The summed E-state index contributed by atoms with van der Waals surface area (Å²) >= 11 is 0. The van der Waals surface area contributed by atoms with Crippen molar-refractivity contribution in [3.05, 3.63) is 95.3 Å². The van der Waals surface area contributed by atoms with Crippen molar-refractivity contribution >= 4 is 17.5 Å². The zero-order valence-electron chi connectivity index (χ0n) is 15.6. The molecule has 1 aliphatic rings. The average Bonchev–Trinajstić information content (AvgIpc) is 2.99. The summed E-state index contributed by atoms with van der Waals surface area (Å²) in [6.45, 7) is 2.48. The minimum Gasteiger partial charge on any atom is -0.352 e. The molecule has 2 amide bonds. The van der Waals surface area contributed by atoms with E-state index < -0.39 is 6.04 Å². The number of para-hydroxylation sites is 1. The molecule has 0 saturated heterocycles. The molecule has 2 aromatic carbocycles. The Bertz CT molecular complexity index is 1020. The molecule has 1 N–H and O–H groups in total. The van der Waals surface area contributed by atoms with Gasteiger partial charge in [0.25, 0.3) is 5.91 Å². The number of fused-ring (bicyclic) bond motifs is 1. The fourth-order valence-corrected chi connectivity index (χ4v) is 3.60. The van der Waals surface area contributed by atoms with Gasteiger partial charge in [0.2, 0.25) is 5.91 Å². The van der Waals surface area contributed by atoms with E-state index in [9.17, 15) is 9.59 Å². The molecule has 1 aromatic heterocycles. The topological polar surface area (TPSA) is 62.3 Å². The average molecular weight is 371 g/mol. The fourth-order valence-electron chi connectivity index (χ4n) is 3.60. The van der Waals surface area contributed by atoms with Crippen LogP contribution in [-0.4, -0.2) is 16.8 Å². The van der Waals surface area contributed by atoms with Gasteiger partial charge >= 0.3 is 0 Å². The monoisotopic (exact) mass is 371 g/mol. The molecule has 4 rings (SSSR count). The zero-order valence-corrected chi connectivity index (χ0v) is 15.6. The number of pyridine rings is 1. The normalized spacial score (nSPS) is 15.4. The first kappa shape index (κ1) is 17.9. The van der Waals surface area contributed by atoms with Crippen molar-refractivity contribution in [2.75, 3.05) is 4.90 Å². The summed E-state index contributed by atoms with van der Waals surface area (Å²) in [5, 5.41) is 2.97. The molecule has 0 spiro atoms. The molecule has 5 heteroatoms. The number of benzene rings is 2. The molecule has 0 fully saturated rings. The maximum absolute atomic E-state index is 13.0. The minimum atomic E-state index is -0.413. The Morgan fingerprint density at radius 2 is 1.89 bits per heavy atom. The van der Waals surface area contributed by atoms with Gasteiger partial charge in [0.15, 0.2) is 0 Å². The summed E-state index contributed by atoms with van der Waals surface area (Å²) in [6.07, 6.45) is 1.83. The molecule has 0 saturated carbocycles. The lowest BCUT2D eigenvalue weighted by Crippen LogP contribution is -2.32. The predicted molar refractivity (Wildman–Crippen MR) is 108 cm³/mol. The maximum Gasteiger partial charge on any atom is 0.260 e. The third-order valence-electron chi connectivity index (χ3n) is 4.90. The Balaban J connectivity index is 1.55. The summed E-state index contributed by atoms with van der Waals surface area (Å²) < 4.78 is 0. The van der Waals surface area contributed by atoms with Gasteiger partial charge in [0.05, 0.1) is 23.7 Å². The standard InChI is InChI=1S/C23H21N3O2/c1-16-7-5-8-17(13-16)15-25-21(27)14-20-22-19(11-6-12-24-22)23(28)26(20)18-9-3-2-4-10-18/h2-13,20H,14-15H2,1H3,(H,25,27)/t20-/m0/s1. The van der Waals surface area contributed by atoms with Crippen LogP contribution in [0.1, 0.15) is 39.6 Å². The van der Waals surface area contributed by atoms with Crippen molar-refractivity contribution in [2.45, 2.75) is 25.9 Å². The summed E-state index contributed by atoms with van der Waals surface area (Å²) in [5.41, 5.74) is 4.18. The van der Waals surface area contributed by atoms with Gasteiger partial charge in [0, 0.05) is 18.4 Å². The second kappa shape index (κ2) is 7.64. The number of anilines is 1. The van der Waals surface area contributed by atoms with Crippen molar-refractivity contribution in [3.8, 4) is 0 Å². The molecule has 140 valence electrons. The summed E-state index contributed by atoms with van der Waals surface area (Å²) in [4.78, 5) is 31.7. The van der Waals surface area contributed by atoms with E-state index in [1.165, 1.54) is 0 Å². The number of aryl methyl sites for hydroxylation is 1. The van der Waals surface area contributed by atoms with Gasteiger partial charge in [-0.2, -0.15) is 0 Å². The third kappa shape index (κ3) is 3.51. The highest BCUT2D eigenvalue weighted by Crippen LogP contribution is 2.38. The number of carbonyl (C=O) groups excluding carboxylic acids is 2. The van der Waals surface area contributed by atoms with Gasteiger partial charge < -0.3 is 5.32 Å². The molecule has 5 nitrogen and oxygen atoms in total. The Hall–Kier alpha value is -3.47. The molecule has 0 aliphatic carbocycles.